The molecule has 2 heterocycles. The van der Waals surface area contributed by atoms with Gasteiger partial charge in [-0.2, -0.15) is 4.99 Å². The highest BCUT2D eigenvalue weighted by atomic mass is 16.1. The van der Waals surface area contributed by atoms with E-state index in [-0.39, 0.29) is 23.9 Å². The van der Waals surface area contributed by atoms with Gasteiger partial charge < -0.3 is 4.98 Å². The van der Waals surface area contributed by atoms with Crippen molar-refractivity contribution >= 4 is 34.1 Å². The molecule has 2 aromatic rings. The van der Waals surface area contributed by atoms with E-state index in [4.69, 9.17) is 0 Å². The van der Waals surface area contributed by atoms with Gasteiger partial charge in [-0.1, -0.05) is 44.2 Å². The molecule has 26 heavy (non-hydrogen) atoms. The molecule has 0 saturated heterocycles. The maximum absolute atomic E-state index is 12.7. The van der Waals surface area contributed by atoms with E-state index in [1.807, 2.05) is 42.5 Å². The number of benzene rings is 1. The number of nitrogens with one attached hydrogen (secondary N) is 1. The molecule has 5 nitrogen and oxygen atoms in total. The minimum absolute atomic E-state index is 0.0123. The topological polar surface area (TPSA) is 74.7 Å². The fourth-order valence-electron chi connectivity index (χ4n) is 3.30. The standard InChI is InChI=1S/C21H19N3O2/c1-12(2)13-7-8-18-15(9-13)21(26)24-20(23-18)10-19(25)16-11-22-17-6-4-3-5-14(16)17/h3-9,11-12,15,22H,10H2,1-2H3. The second-order valence-corrected chi connectivity index (χ2v) is 6.88. The highest BCUT2D eigenvalue weighted by Gasteiger charge is 2.29. The number of H-pyrrole nitrogens is 1. The van der Waals surface area contributed by atoms with Crippen molar-refractivity contribution < 1.29 is 9.59 Å². The average molecular weight is 345 g/mol. The summed E-state index contributed by atoms with van der Waals surface area (Å²) in [6, 6.07) is 7.63. The molecule has 1 aromatic heterocycles. The van der Waals surface area contributed by atoms with Gasteiger partial charge in [0.1, 0.15) is 11.8 Å². The fraction of sp³-hybridized carbons (Fsp3) is 0.238. The van der Waals surface area contributed by atoms with E-state index in [0.717, 1.165) is 16.5 Å². The zero-order chi connectivity index (χ0) is 18.3. The van der Waals surface area contributed by atoms with E-state index >= 15 is 0 Å². The summed E-state index contributed by atoms with van der Waals surface area (Å²) >= 11 is 0. The number of rotatable bonds is 4. The number of para-hydroxylation sites is 1. The van der Waals surface area contributed by atoms with Crippen molar-refractivity contribution in [2.45, 2.75) is 20.3 Å². The van der Waals surface area contributed by atoms with Gasteiger partial charge in [-0.15, -0.1) is 0 Å². The third-order valence-corrected chi connectivity index (χ3v) is 4.76. The highest BCUT2D eigenvalue weighted by Crippen LogP contribution is 2.25. The van der Waals surface area contributed by atoms with Crippen molar-refractivity contribution in [2.75, 3.05) is 0 Å². The maximum atomic E-state index is 12.7. The van der Waals surface area contributed by atoms with E-state index < -0.39 is 5.92 Å². The molecule has 0 spiro atoms. The second kappa shape index (κ2) is 6.33. The number of fused-ring (bicyclic) bond motifs is 2. The molecule has 5 heteroatoms. The third kappa shape index (κ3) is 2.86. The van der Waals surface area contributed by atoms with Gasteiger partial charge in [0.2, 0.25) is 0 Å². The Morgan fingerprint density at radius 1 is 1.19 bits per heavy atom. The van der Waals surface area contributed by atoms with Gasteiger partial charge in [-0.3, -0.25) is 9.59 Å². The normalized spacial score (nSPS) is 19.3. The molecule has 2 aliphatic rings. The Morgan fingerprint density at radius 2 is 2.00 bits per heavy atom. The Hall–Kier alpha value is -3.08. The lowest BCUT2D eigenvalue weighted by Gasteiger charge is -2.21. The van der Waals surface area contributed by atoms with Gasteiger partial charge in [0, 0.05) is 22.7 Å². The Kier molecular flexibility index (Phi) is 3.99. The summed E-state index contributed by atoms with van der Waals surface area (Å²) in [6.45, 7) is 4.17. The first kappa shape index (κ1) is 16.4. The lowest BCUT2D eigenvalue weighted by atomic mass is 9.88. The second-order valence-electron chi connectivity index (χ2n) is 6.88. The number of ketones is 1. The summed E-state index contributed by atoms with van der Waals surface area (Å²) in [6.07, 6.45) is 7.48. The zero-order valence-electron chi connectivity index (χ0n) is 14.7. The van der Waals surface area contributed by atoms with E-state index in [0.29, 0.717) is 17.2 Å². The summed E-state index contributed by atoms with van der Waals surface area (Å²) in [5.41, 5.74) is 3.27. The van der Waals surface area contributed by atoms with E-state index in [1.165, 1.54) is 0 Å². The van der Waals surface area contributed by atoms with Gasteiger partial charge in [-0.25, -0.2) is 4.99 Å². The van der Waals surface area contributed by atoms with Crippen LogP contribution in [-0.2, 0) is 4.79 Å². The molecule has 130 valence electrons. The molecule has 1 N–H and O–H groups in total. The molecule has 4 rings (SSSR count). The largest absolute Gasteiger partial charge is 0.360 e. The first-order chi connectivity index (χ1) is 12.5. The molecule has 1 aliphatic carbocycles. The summed E-state index contributed by atoms with van der Waals surface area (Å²) in [5, 5.41) is 0.868. The molecule has 1 aromatic carbocycles. The number of amides is 1. The number of aromatic amines is 1. The minimum Gasteiger partial charge on any atom is -0.360 e. The minimum atomic E-state index is -0.427. The molecule has 1 atom stereocenters. The van der Waals surface area contributed by atoms with E-state index in [1.54, 1.807) is 6.20 Å². The van der Waals surface area contributed by atoms with E-state index in [2.05, 4.69) is 28.8 Å². The molecule has 0 fully saturated rings. The van der Waals surface area contributed by atoms with Crippen LogP contribution in [0.15, 0.2) is 64.2 Å². The van der Waals surface area contributed by atoms with E-state index in [9.17, 15) is 9.59 Å². The number of Topliss-reactive ketones (excluding diaryl/α,β-unsaturated/α-hetero) is 1. The van der Waals surface area contributed by atoms with Crippen LogP contribution in [0.25, 0.3) is 10.9 Å². The van der Waals surface area contributed by atoms with Crippen LogP contribution in [0, 0.1) is 11.8 Å². The highest BCUT2D eigenvalue weighted by molar-refractivity contribution is 6.25. The fourth-order valence-corrected chi connectivity index (χ4v) is 3.30. The van der Waals surface area contributed by atoms with Crippen LogP contribution < -0.4 is 0 Å². The number of amidine groups is 1. The number of nitrogens with zero attached hydrogens (tertiary/aromatic N) is 2. The Bertz CT molecular complexity index is 1030. The van der Waals surface area contributed by atoms with Crippen LogP contribution in [0.3, 0.4) is 0 Å². The lowest BCUT2D eigenvalue weighted by Crippen LogP contribution is -2.29. The van der Waals surface area contributed by atoms with Crippen molar-refractivity contribution in [3.63, 3.8) is 0 Å². The number of allylic oxidation sites excluding steroid dienone is 3. The van der Waals surface area contributed by atoms with Crippen molar-refractivity contribution in [3.8, 4) is 0 Å². The monoisotopic (exact) mass is 345 g/mol. The number of hydrogen-bond donors (Lipinski definition) is 1. The summed E-state index contributed by atoms with van der Waals surface area (Å²) in [4.78, 5) is 36.7. The predicted octanol–water partition coefficient (Wildman–Crippen LogP) is 3.89. The van der Waals surface area contributed by atoms with Crippen molar-refractivity contribution in [2.24, 2.45) is 21.8 Å². The van der Waals surface area contributed by atoms with Crippen LogP contribution in [0.4, 0.5) is 0 Å². The first-order valence-corrected chi connectivity index (χ1v) is 8.72. The molecular formula is C21H19N3O2. The summed E-state index contributed by atoms with van der Waals surface area (Å²) < 4.78 is 0. The molecule has 0 radical (unpaired) electrons. The van der Waals surface area contributed by atoms with Crippen molar-refractivity contribution in [1.82, 2.24) is 4.98 Å². The number of carbonyl (C=O) groups is 2. The average Bonchev–Trinajstić information content (AvgIpc) is 3.05. The van der Waals surface area contributed by atoms with Crippen LogP contribution in [-0.4, -0.2) is 28.2 Å². The molecule has 0 saturated carbocycles. The van der Waals surface area contributed by atoms with Gasteiger partial charge >= 0.3 is 0 Å². The Labute approximate surface area is 151 Å². The quantitative estimate of drug-likeness (QED) is 0.854. The van der Waals surface area contributed by atoms with Crippen molar-refractivity contribution in [3.05, 3.63) is 59.8 Å². The summed E-state index contributed by atoms with van der Waals surface area (Å²) in [5.74, 6) is -0.157. The Balaban J connectivity index is 1.58. The van der Waals surface area contributed by atoms with Crippen LogP contribution in [0.5, 0.6) is 0 Å². The van der Waals surface area contributed by atoms with Crippen molar-refractivity contribution in [1.29, 1.82) is 0 Å². The maximum Gasteiger partial charge on any atom is 0.260 e. The molecule has 1 unspecified atom stereocenters. The number of hydrogen-bond acceptors (Lipinski definition) is 3. The molecule has 0 bridgehead atoms. The lowest BCUT2D eigenvalue weighted by molar-refractivity contribution is -0.118. The zero-order valence-corrected chi connectivity index (χ0v) is 14.7. The number of aliphatic imine (C=N–C) groups is 2. The van der Waals surface area contributed by atoms with Crippen LogP contribution in [0.1, 0.15) is 30.6 Å². The SMILES string of the molecule is CC(C)C1=CC2C(=O)N=C(CC(=O)c3c[nH]c4ccccc34)N=C2C=C1. The first-order valence-electron chi connectivity index (χ1n) is 8.72. The van der Waals surface area contributed by atoms with Gasteiger partial charge in [0.05, 0.1) is 12.1 Å². The predicted molar refractivity (Wildman–Crippen MR) is 103 cm³/mol. The van der Waals surface area contributed by atoms with Gasteiger partial charge in [0.15, 0.2) is 5.78 Å². The van der Waals surface area contributed by atoms with Gasteiger partial charge in [0.25, 0.3) is 5.91 Å². The molecular weight excluding hydrogens is 326 g/mol. The summed E-state index contributed by atoms with van der Waals surface area (Å²) in [7, 11) is 0. The Morgan fingerprint density at radius 3 is 2.81 bits per heavy atom. The number of aromatic nitrogens is 1. The van der Waals surface area contributed by atoms with Crippen LogP contribution >= 0.6 is 0 Å². The number of carbonyl (C=O) groups excluding carboxylic acids is 2. The third-order valence-electron chi connectivity index (χ3n) is 4.76. The van der Waals surface area contributed by atoms with Crippen LogP contribution in [0.2, 0.25) is 0 Å². The smallest absolute Gasteiger partial charge is 0.260 e. The van der Waals surface area contributed by atoms with Gasteiger partial charge in [-0.05, 0) is 23.6 Å². The molecule has 1 amide bonds. The molecule has 1 aliphatic heterocycles.